The highest BCUT2D eigenvalue weighted by Crippen LogP contribution is 2.35. The lowest BCUT2D eigenvalue weighted by molar-refractivity contribution is 0.0666. The summed E-state index contributed by atoms with van der Waals surface area (Å²) in [6.07, 6.45) is 2.02. The Morgan fingerprint density at radius 3 is 2.57 bits per heavy atom. The first kappa shape index (κ1) is 13.4. The fourth-order valence-corrected chi connectivity index (χ4v) is 2.63. The molecule has 0 radical (unpaired) electrons. The molecule has 0 saturated heterocycles. The van der Waals surface area contributed by atoms with Gasteiger partial charge in [-0.05, 0) is 29.7 Å². The van der Waals surface area contributed by atoms with E-state index in [-0.39, 0.29) is 5.76 Å². The van der Waals surface area contributed by atoms with Gasteiger partial charge in [-0.2, -0.15) is 0 Å². The molecule has 0 aliphatic rings. The monoisotopic (exact) mass is 280 g/mol. The van der Waals surface area contributed by atoms with Crippen LogP contribution >= 0.6 is 0 Å². The van der Waals surface area contributed by atoms with Gasteiger partial charge in [0.05, 0.1) is 0 Å². The van der Waals surface area contributed by atoms with Crippen LogP contribution in [0.2, 0.25) is 0 Å². The van der Waals surface area contributed by atoms with E-state index in [1.807, 2.05) is 48.5 Å². The highest BCUT2D eigenvalue weighted by atomic mass is 16.4. The molecule has 3 heteroatoms. The van der Waals surface area contributed by atoms with Crippen LogP contribution in [0.25, 0.3) is 22.1 Å². The molecule has 106 valence electrons. The molecular weight excluding hydrogens is 264 g/mol. The second kappa shape index (κ2) is 5.44. The lowest BCUT2D eigenvalue weighted by Crippen LogP contribution is -1.95. The largest absolute Gasteiger partial charge is 0.475 e. The number of hydrogen-bond donors (Lipinski definition) is 1. The third-order valence-corrected chi connectivity index (χ3v) is 3.55. The van der Waals surface area contributed by atoms with E-state index in [4.69, 9.17) is 4.42 Å². The van der Waals surface area contributed by atoms with Gasteiger partial charge >= 0.3 is 5.97 Å². The number of aromatic carboxylic acids is 1. The van der Waals surface area contributed by atoms with Gasteiger partial charge in [-0.15, -0.1) is 0 Å². The molecule has 0 fully saturated rings. The molecular formula is C18H16O3. The average Bonchev–Trinajstić information content (AvgIpc) is 2.87. The number of carbonyl (C=O) groups is 1. The van der Waals surface area contributed by atoms with Crippen LogP contribution in [0.3, 0.4) is 0 Å². The summed E-state index contributed by atoms with van der Waals surface area (Å²) in [5, 5.41) is 10.3. The molecule has 0 spiro atoms. The van der Waals surface area contributed by atoms with Gasteiger partial charge < -0.3 is 9.52 Å². The predicted molar refractivity (Wildman–Crippen MR) is 82.6 cm³/mol. The summed E-state index contributed by atoms with van der Waals surface area (Å²) in [6.45, 7) is 2.13. The van der Waals surface area contributed by atoms with Crippen LogP contribution in [0.4, 0.5) is 0 Å². The van der Waals surface area contributed by atoms with Crippen LogP contribution in [0.5, 0.6) is 0 Å². The molecule has 21 heavy (non-hydrogen) atoms. The number of aryl methyl sites for hydroxylation is 1. The Morgan fingerprint density at radius 2 is 1.90 bits per heavy atom. The quantitative estimate of drug-likeness (QED) is 0.750. The van der Waals surface area contributed by atoms with Crippen molar-refractivity contribution in [3.05, 3.63) is 59.9 Å². The van der Waals surface area contributed by atoms with Gasteiger partial charge in [-0.25, -0.2) is 4.79 Å². The lowest BCUT2D eigenvalue weighted by Gasteiger charge is -2.02. The maximum absolute atomic E-state index is 11.5. The van der Waals surface area contributed by atoms with Crippen molar-refractivity contribution >= 4 is 16.9 Å². The Labute approximate surface area is 122 Å². The van der Waals surface area contributed by atoms with Crippen LogP contribution in [0.15, 0.2) is 52.9 Å². The van der Waals surface area contributed by atoms with E-state index in [0.717, 1.165) is 23.8 Å². The van der Waals surface area contributed by atoms with Gasteiger partial charge in [0.2, 0.25) is 5.76 Å². The maximum Gasteiger partial charge on any atom is 0.372 e. The zero-order valence-electron chi connectivity index (χ0n) is 11.8. The van der Waals surface area contributed by atoms with Gasteiger partial charge in [0.1, 0.15) is 5.58 Å². The van der Waals surface area contributed by atoms with Crippen molar-refractivity contribution in [2.45, 2.75) is 19.8 Å². The van der Waals surface area contributed by atoms with Crippen molar-refractivity contribution in [3.63, 3.8) is 0 Å². The third kappa shape index (κ3) is 2.42. The summed E-state index contributed by atoms with van der Waals surface area (Å²) in [5.41, 5.74) is 3.34. The molecule has 0 unspecified atom stereocenters. The molecule has 0 aliphatic heterocycles. The van der Waals surface area contributed by atoms with Crippen LogP contribution in [-0.4, -0.2) is 11.1 Å². The number of benzene rings is 2. The van der Waals surface area contributed by atoms with Gasteiger partial charge in [0.25, 0.3) is 0 Å². The minimum Gasteiger partial charge on any atom is -0.475 e. The number of hydrogen-bond acceptors (Lipinski definition) is 2. The van der Waals surface area contributed by atoms with E-state index in [1.165, 1.54) is 5.56 Å². The Kier molecular flexibility index (Phi) is 3.48. The Hall–Kier alpha value is -2.55. The second-order valence-electron chi connectivity index (χ2n) is 5.06. The summed E-state index contributed by atoms with van der Waals surface area (Å²) in [5.74, 6) is -1.04. The van der Waals surface area contributed by atoms with E-state index in [2.05, 4.69) is 6.92 Å². The standard InChI is InChI=1S/C18H16O3/c1-2-6-12-9-10-15-14(11-12)16(17(21-15)18(19)20)13-7-4-3-5-8-13/h3-5,7-11H,2,6H2,1H3,(H,19,20). The molecule has 0 aliphatic carbocycles. The van der Waals surface area contributed by atoms with Crippen LogP contribution in [-0.2, 0) is 6.42 Å². The first-order chi connectivity index (χ1) is 10.2. The molecule has 3 rings (SSSR count). The van der Waals surface area contributed by atoms with Crippen LogP contribution in [0.1, 0.15) is 29.5 Å². The van der Waals surface area contributed by atoms with E-state index in [0.29, 0.717) is 11.1 Å². The topological polar surface area (TPSA) is 50.4 Å². The number of carboxylic acid groups (broad SMARTS) is 1. The minimum atomic E-state index is -1.04. The Morgan fingerprint density at radius 1 is 1.14 bits per heavy atom. The van der Waals surface area contributed by atoms with Crippen molar-refractivity contribution in [1.82, 2.24) is 0 Å². The first-order valence-corrected chi connectivity index (χ1v) is 7.05. The molecule has 1 aromatic heterocycles. The summed E-state index contributed by atoms with van der Waals surface area (Å²) < 4.78 is 5.55. The van der Waals surface area contributed by atoms with E-state index in [9.17, 15) is 9.90 Å². The number of fused-ring (bicyclic) bond motifs is 1. The number of carboxylic acids is 1. The second-order valence-corrected chi connectivity index (χ2v) is 5.06. The summed E-state index contributed by atoms with van der Waals surface area (Å²) in [7, 11) is 0. The van der Waals surface area contributed by atoms with Gasteiger partial charge in [-0.3, -0.25) is 0 Å². The number of rotatable bonds is 4. The van der Waals surface area contributed by atoms with Crippen molar-refractivity contribution < 1.29 is 14.3 Å². The summed E-state index contributed by atoms with van der Waals surface area (Å²) in [6, 6.07) is 15.4. The van der Waals surface area contributed by atoms with Gasteiger partial charge in [-0.1, -0.05) is 49.7 Å². The third-order valence-electron chi connectivity index (χ3n) is 3.55. The Bertz CT molecular complexity index is 785. The normalized spacial score (nSPS) is 10.9. The zero-order chi connectivity index (χ0) is 14.8. The molecule has 2 aromatic carbocycles. The summed E-state index contributed by atoms with van der Waals surface area (Å²) >= 11 is 0. The zero-order valence-corrected chi connectivity index (χ0v) is 11.8. The predicted octanol–water partition coefficient (Wildman–Crippen LogP) is 4.75. The highest BCUT2D eigenvalue weighted by Gasteiger charge is 2.21. The van der Waals surface area contributed by atoms with E-state index >= 15 is 0 Å². The molecule has 3 aromatic rings. The smallest absolute Gasteiger partial charge is 0.372 e. The lowest BCUT2D eigenvalue weighted by atomic mass is 9.99. The molecule has 3 nitrogen and oxygen atoms in total. The van der Waals surface area contributed by atoms with Crippen LogP contribution in [0, 0.1) is 0 Å². The van der Waals surface area contributed by atoms with E-state index < -0.39 is 5.97 Å². The van der Waals surface area contributed by atoms with Crippen molar-refractivity contribution in [2.24, 2.45) is 0 Å². The molecule has 0 saturated carbocycles. The fourth-order valence-electron chi connectivity index (χ4n) is 2.63. The Balaban J connectivity index is 2.29. The first-order valence-electron chi connectivity index (χ1n) is 7.05. The van der Waals surface area contributed by atoms with Crippen molar-refractivity contribution in [2.75, 3.05) is 0 Å². The van der Waals surface area contributed by atoms with Gasteiger partial charge in [0.15, 0.2) is 0 Å². The molecule has 0 atom stereocenters. The van der Waals surface area contributed by atoms with Gasteiger partial charge in [0, 0.05) is 10.9 Å². The maximum atomic E-state index is 11.5. The average molecular weight is 280 g/mol. The summed E-state index contributed by atoms with van der Waals surface area (Å²) in [4.78, 5) is 11.5. The van der Waals surface area contributed by atoms with Crippen molar-refractivity contribution in [1.29, 1.82) is 0 Å². The molecule has 1 N–H and O–H groups in total. The molecule has 0 bridgehead atoms. The van der Waals surface area contributed by atoms with E-state index in [1.54, 1.807) is 0 Å². The SMILES string of the molecule is CCCc1ccc2oc(C(=O)O)c(-c3ccccc3)c2c1. The highest BCUT2D eigenvalue weighted by molar-refractivity contribution is 6.05. The van der Waals surface area contributed by atoms with Crippen molar-refractivity contribution in [3.8, 4) is 11.1 Å². The van der Waals surface area contributed by atoms with Crippen LogP contribution < -0.4 is 0 Å². The minimum absolute atomic E-state index is 0.00449. The molecule has 0 amide bonds. The number of furan rings is 1. The fraction of sp³-hybridized carbons (Fsp3) is 0.167. The molecule has 1 heterocycles.